The first-order chi connectivity index (χ1) is 13.3. The minimum atomic E-state index is -3.22. The molecule has 0 amide bonds. The lowest BCUT2D eigenvalue weighted by molar-refractivity contribution is 0.00219. The Morgan fingerprint density at radius 3 is 2.93 bits per heavy atom. The highest BCUT2D eigenvalue weighted by atomic mass is 32.2. The molecule has 3 saturated heterocycles. The van der Waals surface area contributed by atoms with E-state index in [0.29, 0.717) is 18.3 Å². The molecule has 0 radical (unpaired) electrons. The largest absolute Gasteiger partial charge is 0.481 e. The number of pyridine rings is 1. The van der Waals surface area contributed by atoms with Gasteiger partial charge in [0.05, 0.1) is 24.6 Å². The van der Waals surface area contributed by atoms with Gasteiger partial charge in [0.25, 0.3) is 0 Å². The van der Waals surface area contributed by atoms with Crippen molar-refractivity contribution in [1.29, 1.82) is 0 Å². The molecule has 156 valence electrons. The fourth-order valence-electron chi connectivity index (χ4n) is 5.28. The van der Waals surface area contributed by atoms with E-state index in [-0.39, 0.29) is 29.3 Å². The Hall–Kier alpha value is -1.22. The maximum Gasteiger partial charge on any atom is 0.212 e. The first kappa shape index (κ1) is 20.1. The van der Waals surface area contributed by atoms with Crippen molar-refractivity contribution >= 4 is 10.0 Å². The number of methoxy groups -OCH3 is 1. The summed E-state index contributed by atoms with van der Waals surface area (Å²) in [7, 11) is -1.61. The van der Waals surface area contributed by atoms with Crippen molar-refractivity contribution < 1.29 is 17.9 Å². The van der Waals surface area contributed by atoms with Crippen LogP contribution in [0.25, 0.3) is 0 Å². The van der Waals surface area contributed by atoms with Crippen LogP contribution in [0.3, 0.4) is 0 Å². The van der Waals surface area contributed by atoms with E-state index in [1.54, 1.807) is 7.11 Å². The molecule has 0 aromatic carbocycles. The fourth-order valence-corrected chi connectivity index (χ4v) is 6.73. The maximum absolute atomic E-state index is 12.3. The van der Waals surface area contributed by atoms with Crippen molar-refractivity contribution in [2.75, 3.05) is 32.5 Å². The highest BCUT2D eigenvalue weighted by molar-refractivity contribution is 7.89. The molecule has 1 spiro atoms. The zero-order valence-corrected chi connectivity index (χ0v) is 17.7. The van der Waals surface area contributed by atoms with Gasteiger partial charge in [0.1, 0.15) is 0 Å². The molecule has 4 rings (SSSR count). The van der Waals surface area contributed by atoms with Gasteiger partial charge in [-0.2, -0.15) is 0 Å². The molecule has 0 aliphatic carbocycles. The topological polar surface area (TPSA) is 80.8 Å². The molecule has 4 heterocycles. The standard InChI is InChI=1S/C20H31N3O4S/c1-14(2)12-28(24,25)22-9-16-17-11-23(13-20(17)7-6-18(16)27-20)10-15-4-5-19(26-3)21-8-15/h4-5,8,14,16-18,22H,6-7,9-13H2,1-3H3/t16-,17+,18+,20+/m0/s1. The Labute approximate surface area is 167 Å². The van der Waals surface area contributed by atoms with Gasteiger partial charge in [-0.05, 0) is 24.3 Å². The number of likely N-dealkylation sites (tertiary alicyclic amines) is 1. The summed E-state index contributed by atoms with van der Waals surface area (Å²) >= 11 is 0. The molecule has 7 nitrogen and oxygen atoms in total. The van der Waals surface area contributed by atoms with Crippen LogP contribution in [0.4, 0.5) is 0 Å². The van der Waals surface area contributed by atoms with Crippen LogP contribution in [-0.2, 0) is 21.3 Å². The molecule has 2 bridgehead atoms. The van der Waals surface area contributed by atoms with Crippen molar-refractivity contribution in [2.24, 2.45) is 17.8 Å². The van der Waals surface area contributed by atoms with Crippen molar-refractivity contribution in [1.82, 2.24) is 14.6 Å². The summed E-state index contributed by atoms with van der Waals surface area (Å²) in [6.07, 6.45) is 4.16. The van der Waals surface area contributed by atoms with Crippen LogP contribution in [-0.4, -0.2) is 62.5 Å². The quantitative estimate of drug-likeness (QED) is 0.703. The van der Waals surface area contributed by atoms with Crippen LogP contribution in [0.5, 0.6) is 5.88 Å². The zero-order chi connectivity index (χ0) is 19.9. The van der Waals surface area contributed by atoms with Crippen LogP contribution in [0.2, 0.25) is 0 Å². The second-order valence-corrected chi connectivity index (χ2v) is 10.8. The minimum absolute atomic E-state index is 0.0985. The van der Waals surface area contributed by atoms with E-state index in [0.717, 1.165) is 38.0 Å². The number of nitrogens with one attached hydrogen (secondary N) is 1. The molecule has 8 heteroatoms. The highest BCUT2D eigenvalue weighted by Crippen LogP contribution is 2.54. The summed E-state index contributed by atoms with van der Waals surface area (Å²) < 4.78 is 39.0. The number of sulfonamides is 1. The van der Waals surface area contributed by atoms with Gasteiger partial charge in [0.2, 0.25) is 15.9 Å². The zero-order valence-electron chi connectivity index (χ0n) is 16.9. The van der Waals surface area contributed by atoms with Gasteiger partial charge in [0, 0.05) is 50.3 Å². The third-order valence-corrected chi connectivity index (χ3v) is 8.07. The molecule has 28 heavy (non-hydrogen) atoms. The van der Waals surface area contributed by atoms with Crippen molar-refractivity contribution in [2.45, 2.75) is 44.9 Å². The molecule has 3 aliphatic rings. The summed E-state index contributed by atoms with van der Waals surface area (Å²) in [4.78, 5) is 6.72. The lowest BCUT2D eigenvalue weighted by Gasteiger charge is -2.29. The molecule has 4 atom stereocenters. The summed E-state index contributed by atoms with van der Waals surface area (Å²) in [5, 5.41) is 0. The normalized spacial score (nSPS) is 32.2. The number of hydrogen-bond acceptors (Lipinski definition) is 6. The first-order valence-electron chi connectivity index (χ1n) is 10.2. The number of rotatable bonds is 8. The number of fused-ring (bicyclic) bond motifs is 1. The van der Waals surface area contributed by atoms with Crippen molar-refractivity contribution in [3.8, 4) is 5.88 Å². The van der Waals surface area contributed by atoms with Crippen LogP contribution in [0.15, 0.2) is 18.3 Å². The van der Waals surface area contributed by atoms with Crippen molar-refractivity contribution in [3.05, 3.63) is 23.9 Å². The number of nitrogens with zero attached hydrogens (tertiary/aromatic N) is 2. The summed E-state index contributed by atoms with van der Waals surface area (Å²) in [6.45, 7) is 7.03. The lowest BCUT2D eigenvalue weighted by atomic mass is 9.74. The van der Waals surface area contributed by atoms with Gasteiger partial charge in [-0.15, -0.1) is 0 Å². The molecule has 0 unspecified atom stereocenters. The van der Waals surface area contributed by atoms with Crippen LogP contribution in [0, 0.1) is 17.8 Å². The van der Waals surface area contributed by atoms with Gasteiger partial charge in [-0.3, -0.25) is 4.90 Å². The van der Waals surface area contributed by atoms with Gasteiger partial charge >= 0.3 is 0 Å². The lowest BCUT2D eigenvalue weighted by Crippen LogP contribution is -2.42. The molecule has 3 aliphatic heterocycles. The van der Waals surface area contributed by atoms with Gasteiger partial charge in [-0.1, -0.05) is 19.9 Å². The Morgan fingerprint density at radius 2 is 2.25 bits per heavy atom. The fraction of sp³-hybridized carbons (Fsp3) is 0.750. The highest BCUT2D eigenvalue weighted by Gasteiger charge is 2.62. The molecule has 3 fully saturated rings. The van der Waals surface area contributed by atoms with E-state index in [1.165, 1.54) is 0 Å². The number of ether oxygens (including phenoxy) is 2. The second-order valence-electron chi connectivity index (χ2n) is 8.93. The number of hydrogen-bond donors (Lipinski definition) is 1. The third-order valence-electron chi connectivity index (χ3n) is 6.36. The minimum Gasteiger partial charge on any atom is -0.481 e. The van der Waals surface area contributed by atoms with Gasteiger partial charge in [0.15, 0.2) is 0 Å². The van der Waals surface area contributed by atoms with Crippen molar-refractivity contribution in [3.63, 3.8) is 0 Å². The van der Waals surface area contributed by atoms with Gasteiger partial charge < -0.3 is 9.47 Å². The van der Waals surface area contributed by atoms with Crippen LogP contribution < -0.4 is 9.46 Å². The summed E-state index contributed by atoms with van der Waals surface area (Å²) in [5.74, 6) is 1.57. The van der Waals surface area contributed by atoms with E-state index in [9.17, 15) is 8.42 Å². The van der Waals surface area contributed by atoms with Gasteiger partial charge in [-0.25, -0.2) is 18.1 Å². The van der Waals surface area contributed by atoms with Crippen LogP contribution >= 0.6 is 0 Å². The Kier molecular flexibility index (Phi) is 5.41. The predicted octanol–water partition coefficient (Wildman–Crippen LogP) is 1.65. The van der Waals surface area contributed by atoms with E-state index < -0.39 is 10.0 Å². The molecule has 0 saturated carbocycles. The maximum atomic E-state index is 12.3. The average molecular weight is 410 g/mol. The first-order valence-corrected chi connectivity index (χ1v) is 11.8. The second kappa shape index (κ2) is 7.55. The monoisotopic (exact) mass is 409 g/mol. The smallest absolute Gasteiger partial charge is 0.212 e. The molecular weight excluding hydrogens is 378 g/mol. The molecule has 1 aromatic rings. The van der Waals surface area contributed by atoms with E-state index in [1.807, 2.05) is 32.2 Å². The molecule has 1 N–H and O–H groups in total. The third kappa shape index (κ3) is 3.92. The molecular formula is C20H31N3O4S. The van der Waals surface area contributed by atoms with E-state index >= 15 is 0 Å². The summed E-state index contributed by atoms with van der Waals surface area (Å²) in [5.41, 5.74) is 1.06. The Bertz CT molecular complexity index is 798. The van der Waals surface area contributed by atoms with E-state index in [4.69, 9.17) is 9.47 Å². The average Bonchev–Trinajstić information content (AvgIpc) is 3.27. The van der Waals surface area contributed by atoms with E-state index in [2.05, 4.69) is 14.6 Å². The Balaban J connectivity index is 1.40. The Morgan fingerprint density at radius 1 is 1.43 bits per heavy atom. The number of aromatic nitrogens is 1. The summed E-state index contributed by atoms with van der Waals surface area (Å²) in [6, 6.07) is 3.94. The molecule has 1 aromatic heterocycles. The SMILES string of the molecule is COc1ccc(CN2C[C@@H]3[C@H](CNS(=O)(=O)CC(C)C)[C@H]4CC[C@]3(C2)O4)cn1. The van der Waals surface area contributed by atoms with Crippen LogP contribution in [0.1, 0.15) is 32.3 Å². The predicted molar refractivity (Wildman–Crippen MR) is 107 cm³/mol.